The second-order valence-electron chi connectivity index (χ2n) is 8.18. The lowest BCUT2D eigenvalue weighted by Crippen LogP contribution is -2.24. The minimum absolute atomic E-state index is 0.0104. The van der Waals surface area contributed by atoms with Gasteiger partial charge in [-0.2, -0.15) is 10.4 Å². The number of para-hydroxylation sites is 1. The number of carbonyl (C=O) groups is 1. The smallest absolute Gasteiger partial charge is 0.262 e. The molecule has 0 aliphatic rings. The summed E-state index contributed by atoms with van der Waals surface area (Å²) in [7, 11) is 0. The minimum atomic E-state index is -0.462. The van der Waals surface area contributed by atoms with Crippen molar-refractivity contribution >= 4 is 12.0 Å². The van der Waals surface area contributed by atoms with Gasteiger partial charge in [0.2, 0.25) is 0 Å². The third kappa shape index (κ3) is 5.96. The van der Waals surface area contributed by atoms with E-state index < -0.39 is 5.91 Å². The molecule has 1 N–H and O–H groups in total. The lowest BCUT2D eigenvalue weighted by Gasteiger charge is -2.08. The summed E-state index contributed by atoms with van der Waals surface area (Å²) in [5, 5.41) is 17.0. The van der Waals surface area contributed by atoms with Crippen LogP contribution in [-0.4, -0.2) is 22.2 Å². The van der Waals surface area contributed by atoms with E-state index in [1.165, 1.54) is 5.56 Å². The van der Waals surface area contributed by atoms with Gasteiger partial charge in [0.1, 0.15) is 24.0 Å². The number of amides is 1. The fourth-order valence-electron chi connectivity index (χ4n) is 3.55. The number of nitrogens with one attached hydrogen (secondary N) is 1. The van der Waals surface area contributed by atoms with Crippen LogP contribution in [0, 0.1) is 18.3 Å². The topological polar surface area (TPSA) is 79.9 Å². The molecule has 0 spiro atoms. The number of nitriles is 1. The fraction of sp³-hybridized carbons (Fsp3) is 0.100. The standard InChI is InChI=1S/C30H26N4O2/c1-3-17-32-30(35)25(19-31)18-26-20-34(27-7-5-4-6-8-27)33-29(26)24-13-15-28(16-14-24)36-21-23-11-9-22(2)10-12-23/h3-16,18,20H,1,17,21H2,2H3,(H,32,35). The molecule has 0 bridgehead atoms. The normalized spacial score (nSPS) is 10.9. The molecular formula is C30H26N4O2. The van der Waals surface area contributed by atoms with Crippen molar-refractivity contribution in [2.75, 3.05) is 6.54 Å². The Hall–Kier alpha value is -4.89. The van der Waals surface area contributed by atoms with Crippen LogP contribution in [0.5, 0.6) is 5.75 Å². The molecule has 1 aromatic heterocycles. The monoisotopic (exact) mass is 474 g/mol. The minimum Gasteiger partial charge on any atom is -0.489 e. The molecule has 3 aromatic carbocycles. The van der Waals surface area contributed by atoms with E-state index in [1.54, 1.807) is 16.8 Å². The van der Waals surface area contributed by atoms with Crippen molar-refractivity contribution in [1.82, 2.24) is 15.1 Å². The summed E-state index contributed by atoms with van der Waals surface area (Å²) in [6, 6.07) is 27.5. The Bertz CT molecular complexity index is 1410. The first-order valence-electron chi connectivity index (χ1n) is 11.5. The number of aryl methyl sites for hydroxylation is 1. The van der Waals surface area contributed by atoms with E-state index in [2.05, 4.69) is 43.1 Å². The Kier molecular flexibility index (Phi) is 7.74. The summed E-state index contributed by atoms with van der Waals surface area (Å²) >= 11 is 0. The summed E-state index contributed by atoms with van der Waals surface area (Å²) in [4.78, 5) is 12.4. The lowest BCUT2D eigenvalue weighted by molar-refractivity contribution is -0.116. The van der Waals surface area contributed by atoms with Gasteiger partial charge < -0.3 is 10.1 Å². The highest BCUT2D eigenvalue weighted by Crippen LogP contribution is 2.28. The first-order valence-corrected chi connectivity index (χ1v) is 11.5. The number of nitrogens with zero attached hydrogens (tertiary/aromatic N) is 3. The van der Waals surface area contributed by atoms with Gasteiger partial charge in [-0.05, 0) is 55.0 Å². The van der Waals surface area contributed by atoms with Crippen molar-refractivity contribution in [1.29, 1.82) is 5.26 Å². The zero-order valence-electron chi connectivity index (χ0n) is 20.0. The van der Waals surface area contributed by atoms with Crippen LogP contribution in [0.25, 0.3) is 23.0 Å². The highest BCUT2D eigenvalue weighted by Gasteiger charge is 2.15. The third-order valence-electron chi connectivity index (χ3n) is 5.49. The Morgan fingerprint density at radius 1 is 1.08 bits per heavy atom. The van der Waals surface area contributed by atoms with Crippen LogP contribution in [0.1, 0.15) is 16.7 Å². The van der Waals surface area contributed by atoms with Crippen molar-refractivity contribution in [3.8, 4) is 28.8 Å². The summed E-state index contributed by atoms with van der Waals surface area (Å²) in [6.07, 6.45) is 4.93. The van der Waals surface area contributed by atoms with Gasteiger partial charge in [0.25, 0.3) is 5.91 Å². The van der Waals surface area contributed by atoms with E-state index in [0.717, 1.165) is 22.6 Å². The molecule has 1 heterocycles. The highest BCUT2D eigenvalue weighted by atomic mass is 16.5. The molecule has 0 fully saturated rings. The summed E-state index contributed by atoms with van der Waals surface area (Å²) in [5.41, 5.74) is 5.29. The maximum absolute atomic E-state index is 12.4. The van der Waals surface area contributed by atoms with Crippen molar-refractivity contribution in [3.63, 3.8) is 0 Å². The number of aromatic nitrogens is 2. The quantitative estimate of drug-likeness (QED) is 0.194. The molecule has 4 rings (SSSR count). The van der Waals surface area contributed by atoms with Crippen LogP contribution in [0.3, 0.4) is 0 Å². The average molecular weight is 475 g/mol. The number of carbonyl (C=O) groups excluding carboxylic acids is 1. The van der Waals surface area contributed by atoms with Gasteiger partial charge in [0.05, 0.1) is 11.4 Å². The van der Waals surface area contributed by atoms with Gasteiger partial charge in [-0.25, -0.2) is 4.68 Å². The molecule has 6 heteroatoms. The van der Waals surface area contributed by atoms with Crippen LogP contribution < -0.4 is 10.1 Å². The third-order valence-corrected chi connectivity index (χ3v) is 5.49. The molecule has 0 aliphatic carbocycles. The predicted octanol–water partition coefficient (Wildman–Crippen LogP) is 5.64. The van der Waals surface area contributed by atoms with Crippen molar-refractivity contribution < 1.29 is 9.53 Å². The molecule has 0 saturated carbocycles. The van der Waals surface area contributed by atoms with E-state index in [9.17, 15) is 10.1 Å². The SMILES string of the molecule is C=CCNC(=O)C(C#N)=Cc1cn(-c2ccccc2)nc1-c1ccc(OCc2ccc(C)cc2)cc1. The summed E-state index contributed by atoms with van der Waals surface area (Å²) in [6.45, 7) is 6.40. The van der Waals surface area contributed by atoms with E-state index in [0.29, 0.717) is 17.9 Å². The van der Waals surface area contributed by atoms with Crippen LogP contribution in [0.4, 0.5) is 0 Å². The molecule has 4 aromatic rings. The van der Waals surface area contributed by atoms with Crippen molar-refractivity contribution in [3.05, 3.63) is 120 Å². The molecule has 0 saturated heterocycles. The van der Waals surface area contributed by atoms with Gasteiger partial charge >= 0.3 is 0 Å². The zero-order chi connectivity index (χ0) is 25.3. The summed E-state index contributed by atoms with van der Waals surface area (Å²) < 4.78 is 7.67. The molecule has 0 radical (unpaired) electrons. The average Bonchev–Trinajstić information content (AvgIpc) is 3.34. The van der Waals surface area contributed by atoms with Gasteiger partial charge in [0.15, 0.2) is 0 Å². The Morgan fingerprint density at radius 3 is 2.47 bits per heavy atom. The molecule has 0 atom stereocenters. The van der Waals surface area contributed by atoms with Crippen LogP contribution in [-0.2, 0) is 11.4 Å². The number of hydrogen-bond acceptors (Lipinski definition) is 4. The van der Waals surface area contributed by atoms with Gasteiger partial charge in [-0.3, -0.25) is 4.79 Å². The Balaban J connectivity index is 1.64. The van der Waals surface area contributed by atoms with Crippen molar-refractivity contribution in [2.24, 2.45) is 0 Å². The molecule has 178 valence electrons. The van der Waals surface area contributed by atoms with Crippen LogP contribution in [0.2, 0.25) is 0 Å². The maximum Gasteiger partial charge on any atom is 0.262 e. The van der Waals surface area contributed by atoms with E-state index in [4.69, 9.17) is 9.84 Å². The second-order valence-corrected chi connectivity index (χ2v) is 8.18. The molecule has 0 unspecified atom stereocenters. The molecule has 36 heavy (non-hydrogen) atoms. The van der Waals surface area contributed by atoms with Gasteiger partial charge in [-0.1, -0.05) is 54.1 Å². The highest BCUT2D eigenvalue weighted by molar-refractivity contribution is 6.02. The fourth-order valence-corrected chi connectivity index (χ4v) is 3.55. The Morgan fingerprint density at radius 2 is 1.81 bits per heavy atom. The Labute approximate surface area is 210 Å². The second kappa shape index (κ2) is 11.5. The number of ether oxygens (including phenoxy) is 1. The first-order chi connectivity index (χ1) is 17.6. The van der Waals surface area contributed by atoms with E-state index in [-0.39, 0.29) is 12.1 Å². The maximum atomic E-state index is 12.4. The lowest BCUT2D eigenvalue weighted by atomic mass is 10.1. The number of benzene rings is 3. The molecular weight excluding hydrogens is 448 g/mol. The van der Waals surface area contributed by atoms with Crippen LogP contribution >= 0.6 is 0 Å². The molecule has 6 nitrogen and oxygen atoms in total. The van der Waals surface area contributed by atoms with Crippen molar-refractivity contribution in [2.45, 2.75) is 13.5 Å². The predicted molar refractivity (Wildman–Crippen MR) is 141 cm³/mol. The molecule has 0 aliphatic heterocycles. The van der Waals surface area contributed by atoms with E-state index >= 15 is 0 Å². The largest absolute Gasteiger partial charge is 0.489 e. The van der Waals surface area contributed by atoms with E-state index in [1.807, 2.05) is 66.9 Å². The molecule has 1 amide bonds. The first kappa shape index (κ1) is 24.2. The number of hydrogen-bond donors (Lipinski definition) is 1. The zero-order valence-corrected chi connectivity index (χ0v) is 20.0. The van der Waals surface area contributed by atoms with Gasteiger partial charge in [0, 0.05) is 23.9 Å². The van der Waals surface area contributed by atoms with Gasteiger partial charge in [-0.15, -0.1) is 6.58 Å². The summed E-state index contributed by atoms with van der Waals surface area (Å²) in [5.74, 6) is 0.274. The number of rotatable bonds is 9. The van der Waals surface area contributed by atoms with Crippen LogP contribution in [0.15, 0.2) is 103 Å².